The molecule has 1 rings (SSSR count). The highest BCUT2D eigenvalue weighted by molar-refractivity contribution is 9.10. The van der Waals surface area contributed by atoms with Crippen molar-refractivity contribution >= 4 is 33.3 Å². The number of hydrogen-bond donors (Lipinski definition) is 2. The molecule has 0 saturated carbocycles. The van der Waals surface area contributed by atoms with E-state index in [2.05, 4.69) is 45.5 Å². The summed E-state index contributed by atoms with van der Waals surface area (Å²) in [6.45, 7) is 6.01. The molecular formula is C11H19BrN4S. The number of thiocarbonyl (C=S) groups is 1. The van der Waals surface area contributed by atoms with Crippen molar-refractivity contribution in [2.45, 2.75) is 39.3 Å². The first kappa shape index (κ1) is 14.4. The molecule has 0 aromatic carbocycles. The molecule has 1 unspecified atom stereocenters. The maximum Gasteiger partial charge on any atom is 0.166 e. The fraction of sp³-hybridized carbons (Fsp3) is 0.636. The van der Waals surface area contributed by atoms with Gasteiger partial charge in [-0.2, -0.15) is 5.10 Å². The summed E-state index contributed by atoms with van der Waals surface area (Å²) in [5.74, 6) is 0. The van der Waals surface area contributed by atoms with Gasteiger partial charge in [-0.3, -0.25) is 4.68 Å². The molecule has 6 heteroatoms. The molecule has 2 N–H and O–H groups in total. The van der Waals surface area contributed by atoms with E-state index in [1.165, 1.54) is 0 Å². The SMILES string of the molecule is CCC(C)NC(=S)NCCCn1cc(Br)cn1. The zero-order valence-corrected chi connectivity index (χ0v) is 12.6. The summed E-state index contributed by atoms with van der Waals surface area (Å²) in [6, 6.07) is 0.428. The van der Waals surface area contributed by atoms with Crippen LogP contribution in [0.5, 0.6) is 0 Å². The zero-order chi connectivity index (χ0) is 12.7. The minimum atomic E-state index is 0.428. The van der Waals surface area contributed by atoms with Crippen molar-refractivity contribution < 1.29 is 0 Å². The first-order valence-electron chi connectivity index (χ1n) is 5.84. The highest BCUT2D eigenvalue weighted by atomic mass is 79.9. The van der Waals surface area contributed by atoms with Gasteiger partial charge in [0.05, 0.1) is 10.7 Å². The van der Waals surface area contributed by atoms with Crippen molar-refractivity contribution in [3.8, 4) is 0 Å². The van der Waals surface area contributed by atoms with Crippen LogP contribution < -0.4 is 10.6 Å². The monoisotopic (exact) mass is 318 g/mol. The van der Waals surface area contributed by atoms with E-state index in [0.29, 0.717) is 6.04 Å². The van der Waals surface area contributed by atoms with Crippen LogP contribution in [0.1, 0.15) is 26.7 Å². The normalized spacial score (nSPS) is 12.2. The smallest absolute Gasteiger partial charge is 0.166 e. The Hall–Kier alpha value is -0.620. The van der Waals surface area contributed by atoms with Crippen LogP contribution in [-0.2, 0) is 6.54 Å². The van der Waals surface area contributed by atoms with E-state index >= 15 is 0 Å². The van der Waals surface area contributed by atoms with Gasteiger partial charge in [0.25, 0.3) is 0 Å². The Labute approximate surface area is 116 Å². The fourth-order valence-corrected chi connectivity index (χ4v) is 1.91. The minimum absolute atomic E-state index is 0.428. The van der Waals surface area contributed by atoms with Crippen LogP contribution in [0, 0.1) is 0 Å². The second-order valence-electron chi connectivity index (χ2n) is 3.98. The lowest BCUT2D eigenvalue weighted by atomic mass is 10.3. The molecule has 96 valence electrons. The summed E-state index contributed by atoms with van der Waals surface area (Å²) >= 11 is 8.55. The highest BCUT2D eigenvalue weighted by Crippen LogP contribution is 2.06. The topological polar surface area (TPSA) is 41.9 Å². The number of rotatable bonds is 6. The van der Waals surface area contributed by atoms with E-state index in [1.807, 2.05) is 10.9 Å². The van der Waals surface area contributed by atoms with E-state index < -0.39 is 0 Å². The second kappa shape index (κ2) is 7.66. The summed E-state index contributed by atoms with van der Waals surface area (Å²) in [4.78, 5) is 0. The van der Waals surface area contributed by atoms with Gasteiger partial charge in [0.2, 0.25) is 0 Å². The Bertz CT molecular complexity index is 353. The van der Waals surface area contributed by atoms with E-state index in [9.17, 15) is 0 Å². The van der Waals surface area contributed by atoms with Gasteiger partial charge >= 0.3 is 0 Å². The van der Waals surface area contributed by atoms with Gasteiger partial charge in [0.15, 0.2) is 5.11 Å². The van der Waals surface area contributed by atoms with E-state index in [0.717, 1.165) is 35.5 Å². The highest BCUT2D eigenvalue weighted by Gasteiger charge is 2.00. The Morgan fingerprint density at radius 3 is 3.00 bits per heavy atom. The third-order valence-electron chi connectivity index (χ3n) is 2.44. The van der Waals surface area contributed by atoms with Gasteiger partial charge in [0.1, 0.15) is 0 Å². The molecule has 0 aliphatic carbocycles. The van der Waals surface area contributed by atoms with Crippen molar-refractivity contribution in [3.63, 3.8) is 0 Å². The van der Waals surface area contributed by atoms with Gasteiger partial charge in [-0.15, -0.1) is 0 Å². The predicted molar refractivity (Wildman–Crippen MR) is 78.0 cm³/mol. The summed E-state index contributed by atoms with van der Waals surface area (Å²) < 4.78 is 2.93. The summed E-state index contributed by atoms with van der Waals surface area (Å²) in [7, 11) is 0. The number of hydrogen-bond acceptors (Lipinski definition) is 2. The summed E-state index contributed by atoms with van der Waals surface area (Å²) in [5, 5.41) is 11.3. The molecule has 0 fully saturated rings. The number of aryl methyl sites for hydroxylation is 1. The minimum Gasteiger partial charge on any atom is -0.363 e. The molecule has 4 nitrogen and oxygen atoms in total. The lowest BCUT2D eigenvalue weighted by Crippen LogP contribution is -2.40. The van der Waals surface area contributed by atoms with Crippen molar-refractivity contribution in [1.29, 1.82) is 0 Å². The molecule has 0 bridgehead atoms. The average Bonchev–Trinajstić information content (AvgIpc) is 2.70. The Kier molecular flexibility index (Phi) is 6.50. The van der Waals surface area contributed by atoms with Gasteiger partial charge in [-0.1, -0.05) is 6.92 Å². The van der Waals surface area contributed by atoms with E-state index in [-0.39, 0.29) is 0 Å². The van der Waals surface area contributed by atoms with Gasteiger partial charge < -0.3 is 10.6 Å². The van der Waals surface area contributed by atoms with Crippen molar-refractivity contribution in [2.75, 3.05) is 6.54 Å². The first-order valence-corrected chi connectivity index (χ1v) is 7.04. The van der Waals surface area contributed by atoms with Crippen LogP contribution >= 0.6 is 28.1 Å². The molecule has 0 radical (unpaired) electrons. The maximum atomic E-state index is 5.18. The third kappa shape index (κ3) is 6.02. The standard InChI is InChI=1S/C11H19BrN4S/c1-3-9(2)15-11(17)13-5-4-6-16-8-10(12)7-14-16/h7-9H,3-6H2,1-2H3,(H2,13,15,17). The van der Waals surface area contributed by atoms with Crippen molar-refractivity contribution in [3.05, 3.63) is 16.9 Å². The number of nitrogens with one attached hydrogen (secondary N) is 2. The largest absolute Gasteiger partial charge is 0.363 e. The lowest BCUT2D eigenvalue weighted by Gasteiger charge is -2.15. The molecule has 1 aromatic heterocycles. The van der Waals surface area contributed by atoms with Gasteiger partial charge in [-0.05, 0) is 47.9 Å². The predicted octanol–water partition coefficient (Wildman–Crippen LogP) is 2.30. The Morgan fingerprint density at radius 1 is 1.65 bits per heavy atom. The van der Waals surface area contributed by atoms with Crippen molar-refractivity contribution in [2.24, 2.45) is 0 Å². The molecule has 1 heterocycles. The number of aromatic nitrogens is 2. The van der Waals surface area contributed by atoms with Gasteiger partial charge in [-0.25, -0.2) is 0 Å². The number of nitrogens with zero attached hydrogens (tertiary/aromatic N) is 2. The molecule has 1 aromatic rings. The summed E-state index contributed by atoms with van der Waals surface area (Å²) in [5.41, 5.74) is 0. The number of halogens is 1. The van der Waals surface area contributed by atoms with Crippen LogP contribution in [0.2, 0.25) is 0 Å². The second-order valence-corrected chi connectivity index (χ2v) is 5.31. The molecule has 1 atom stereocenters. The zero-order valence-electron chi connectivity index (χ0n) is 10.2. The molecule has 17 heavy (non-hydrogen) atoms. The maximum absolute atomic E-state index is 5.18. The third-order valence-corrected chi connectivity index (χ3v) is 3.11. The van der Waals surface area contributed by atoms with Crippen LogP contribution in [0.15, 0.2) is 16.9 Å². The fourth-order valence-electron chi connectivity index (χ4n) is 1.28. The van der Waals surface area contributed by atoms with Crippen LogP contribution in [-0.4, -0.2) is 27.5 Å². The molecule has 0 saturated heterocycles. The molecule has 0 aliphatic rings. The molecular weight excluding hydrogens is 300 g/mol. The first-order chi connectivity index (χ1) is 8.11. The molecule has 0 aliphatic heterocycles. The van der Waals surface area contributed by atoms with E-state index in [1.54, 1.807) is 6.20 Å². The van der Waals surface area contributed by atoms with Gasteiger partial charge in [0, 0.05) is 25.3 Å². The Morgan fingerprint density at radius 2 is 2.41 bits per heavy atom. The van der Waals surface area contributed by atoms with E-state index in [4.69, 9.17) is 12.2 Å². The molecule has 0 amide bonds. The quantitative estimate of drug-likeness (QED) is 0.624. The molecule has 0 spiro atoms. The van der Waals surface area contributed by atoms with Crippen LogP contribution in [0.25, 0.3) is 0 Å². The van der Waals surface area contributed by atoms with Crippen molar-refractivity contribution in [1.82, 2.24) is 20.4 Å². The average molecular weight is 319 g/mol. The lowest BCUT2D eigenvalue weighted by molar-refractivity contribution is 0.566. The van der Waals surface area contributed by atoms with Crippen LogP contribution in [0.4, 0.5) is 0 Å². The summed E-state index contributed by atoms with van der Waals surface area (Å²) in [6.07, 6.45) is 5.83. The Balaban J connectivity index is 2.10. The van der Waals surface area contributed by atoms with Crippen LogP contribution in [0.3, 0.4) is 0 Å².